The van der Waals surface area contributed by atoms with Gasteiger partial charge >= 0.3 is 0 Å². The van der Waals surface area contributed by atoms with Crippen LogP contribution in [-0.4, -0.2) is 14.5 Å². The Morgan fingerprint density at radius 2 is 1.89 bits per heavy atom. The van der Waals surface area contributed by atoms with Gasteiger partial charge in [0, 0.05) is 1.37 Å². The van der Waals surface area contributed by atoms with Crippen LogP contribution >= 0.6 is 0 Å². The van der Waals surface area contributed by atoms with E-state index in [0.29, 0.717) is 6.90 Å². The summed E-state index contributed by atoms with van der Waals surface area (Å²) in [4.78, 5) is 0.212. The topological polar surface area (TPSA) is 43.4 Å². The van der Waals surface area contributed by atoms with Crippen molar-refractivity contribution in [1.29, 1.82) is 0 Å². The number of unbranched alkanes of at least 4 members (excludes halogenated alkanes) is 3. The minimum atomic E-state index is -3.65. The van der Waals surface area contributed by atoms with Crippen LogP contribution in [0.15, 0.2) is 29.2 Å². The summed E-state index contributed by atoms with van der Waals surface area (Å²) in [5, 5.41) is 0. The Labute approximate surface area is 118 Å². The van der Waals surface area contributed by atoms with Gasteiger partial charge in [-0.1, -0.05) is 50.3 Å². The molecule has 1 aromatic carbocycles. The van der Waals surface area contributed by atoms with Gasteiger partial charge in [-0.15, -0.1) is 0 Å². The van der Waals surface area contributed by atoms with Gasteiger partial charge in [-0.2, -0.15) is 8.42 Å². The lowest BCUT2D eigenvalue weighted by Crippen LogP contribution is -2.15. The molecule has 0 saturated heterocycles. The second-order valence-corrected chi connectivity index (χ2v) is 6.45. The third kappa shape index (κ3) is 5.74. The molecule has 0 radical (unpaired) electrons. The highest BCUT2D eigenvalue weighted by Gasteiger charge is 2.18. The van der Waals surface area contributed by atoms with Crippen LogP contribution in [0.5, 0.6) is 0 Å². The van der Waals surface area contributed by atoms with E-state index in [0.717, 1.165) is 37.7 Å². The van der Waals surface area contributed by atoms with E-state index in [4.69, 9.17) is 5.55 Å². The first-order chi connectivity index (χ1) is 9.45. The van der Waals surface area contributed by atoms with E-state index < -0.39 is 10.1 Å². The second-order valence-electron chi connectivity index (χ2n) is 4.88. The Morgan fingerprint density at radius 1 is 1.21 bits per heavy atom. The van der Waals surface area contributed by atoms with E-state index in [-0.39, 0.29) is 11.0 Å². The second kappa shape index (κ2) is 7.65. The fourth-order valence-electron chi connectivity index (χ4n) is 1.81. The summed E-state index contributed by atoms with van der Waals surface area (Å²) < 4.78 is 36.3. The van der Waals surface area contributed by atoms with E-state index in [9.17, 15) is 8.42 Å². The van der Waals surface area contributed by atoms with Crippen molar-refractivity contribution >= 4 is 10.1 Å². The van der Waals surface area contributed by atoms with E-state index in [1.807, 2.05) is 6.92 Å². The molecule has 0 aromatic heterocycles. The molecule has 0 amide bonds. The van der Waals surface area contributed by atoms with Crippen molar-refractivity contribution in [3.63, 3.8) is 0 Å². The SMILES string of the molecule is [2H]CCCCCCC(C)OS(=O)(=O)c1ccc(C)cc1. The van der Waals surface area contributed by atoms with Crippen LogP contribution in [0, 0.1) is 6.92 Å². The largest absolute Gasteiger partial charge is 0.297 e. The average Bonchev–Trinajstić information content (AvgIpc) is 2.38. The summed E-state index contributed by atoms with van der Waals surface area (Å²) in [5.41, 5.74) is 1.02. The fraction of sp³-hybridized carbons (Fsp3) is 0.600. The van der Waals surface area contributed by atoms with E-state index in [2.05, 4.69) is 0 Å². The van der Waals surface area contributed by atoms with Crippen LogP contribution in [0.25, 0.3) is 0 Å². The summed E-state index contributed by atoms with van der Waals surface area (Å²) >= 11 is 0. The van der Waals surface area contributed by atoms with Crippen LogP contribution in [0.2, 0.25) is 0 Å². The highest BCUT2D eigenvalue weighted by Crippen LogP contribution is 2.17. The maximum atomic E-state index is 12.0. The lowest BCUT2D eigenvalue weighted by molar-refractivity contribution is 0.213. The van der Waals surface area contributed by atoms with Crippen LogP contribution in [0.3, 0.4) is 0 Å². The first-order valence-electron chi connectivity index (χ1n) is 7.45. The summed E-state index contributed by atoms with van der Waals surface area (Å²) in [6.07, 6.45) is 4.32. The van der Waals surface area contributed by atoms with Gasteiger partial charge in [0.2, 0.25) is 0 Å². The Hall–Kier alpha value is -0.870. The third-order valence-electron chi connectivity index (χ3n) is 2.96. The van der Waals surface area contributed by atoms with Crippen LogP contribution in [-0.2, 0) is 14.3 Å². The molecule has 3 nitrogen and oxygen atoms in total. The molecule has 0 bridgehead atoms. The van der Waals surface area contributed by atoms with E-state index >= 15 is 0 Å². The van der Waals surface area contributed by atoms with Crippen molar-refractivity contribution in [1.82, 2.24) is 0 Å². The monoisotopic (exact) mass is 285 g/mol. The van der Waals surface area contributed by atoms with Crippen molar-refractivity contribution in [2.24, 2.45) is 0 Å². The van der Waals surface area contributed by atoms with Gasteiger partial charge in [-0.3, -0.25) is 4.18 Å². The molecule has 0 aliphatic rings. The molecule has 1 unspecified atom stereocenters. The van der Waals surface area contributed by atoms with Gasteiger partial charge in [0.15, 0.2) is 0 Å². The van der Waals surface area contributed by atoms with Crippen molar-refractivity contribution in [3.05, 3.63) is 29.8 Å². The maximum absolute atomic E-state index is 12.0. The zero-order chi connectivity index (χ0) is 15.0. The molecule has 1 aromatic rings. The predicted molar refractivity (Wildman–Crippen MR) is 77.7 cm³/mol. The Balaban J connectivity index is 2.43. The zero-order valence-electron chi connectivity index (χ0n) is 12.8. The first-order valence-corrected chi connectivity index (χ1v) is 8.16. The van der Waals surface area contributed by atoms with E-state index in [1.165, 1.54) is 0 Å². The molecule has 0 aliphatic heterocycles. The van der Waals surface area contributed by atoms with Crippen molar-refractivity contribution in [2.45, 2.75) is 63.9 Å². The molecule has 0 spiro atoms. The minimum absolute atomic E-state index is 0.212. The predicted octanol–water partition coefficient (Wildman–Crippen LogP) is 4.06. The average molecular weight is 285 g/mol. The first kappa shape index (κ1) is 14.5. The minimum Gasteiger partial charge on any atom is -0.263 e. The number of rotatable bonds is 8. The van der Waals surface area contributed by atoms with Crippen LogP contribution in [0.1, 0.15) is 52.9 Å². The number of hydrogen-bond acceptors (Lipinski definition) is 3. The van der Waals surface area contributed by atoms with Crippen molar-refractivity contribution in [3.8, 4) is 0 Å². The highest BCUT2D eigenvalue weighted by molar-refractivity contribution is 7.86. The normalized spacial score (nSPS) is 14.1. The fourth-order valence-corrected chi connectivity index (χ4v) is 2.92. The molecule has 1 atom stereocenters. The molecule has 0 N–H and O–H groups in total. The van der Waals surface area contributed by atoms with Gasteiger partial charge in [0.05, 0.1) is 11.0 Å². The Morgan fingerprint density at radius 3 is 2.53 bits per heavy atom. The third-order valence-corrected chi connectivity index (χ3v) is 4.39. The van der Waals surface area contributed by atoms with E-state index in [1.54, 1.807) is 31.2 Å². The molecule has 1 rings (SSSR count). The molecule has 108 valence electrons. The van der Waals surface area contributed by atoms with Gasteiger partial charge < -0.3 is 0 Å². The lowest BCUT2D eigenvalue weighted by Gasteiger charge is -2.13. The smallest absolute Gasteiger partial charge is 0.263 e. The van der Waals surface area contributed by atoms with Gasteiger partial charge in [-0.25, -0.2) is 0 Å². The Kier molecular flexibility index (Phi) is 5.86. The molecule has 0 aliphatic carbocycles. The molecular weight excluding hydrogens is 260 g/mol. The van der Waals surface area contributed by atoms with Gasteiger partial charge in [0.25, 0.3) is 10.1 Å². The van der Waals surface area contributed by atoms with Crippen LogP contribution in [0.4, 0.5) is 0 Å². The molecule has 4 heteroatoms. The standard InChI is InChI=1S/C15H24O3S/c1-4-5-6-7-8-14(3)18-19(16,17)15-11-9-13(2)10-12-15/h9-12,14H,4-8H2,1-3H3/i1D. The highest BCUT2D eigenvalue weighted by atomic mass is 32.2. The van der Waals surface area contributed by atoms with Crippen LogP contribution < -0.4 is 0 Å². The maximum Gasteiger partial charge on any atom is 0.297 e. The molecule has 0 fully saturated rings. The molecule has 19 heavy (non-hydrogen) atoms. The summed E-state index contributed by atoms with van der Waals surface area (Å²) in [6.45, 7) is 4.17. The van der Waals surface area contributed by atoms with Gasteiger partial charge in [-0.05, 0) is 32.4 Å². The quantitative estimate of drug-likeness (QED) is 0.534. The number of hydrogen-bond donors (Lipinski definition) is 0. The molecular formula is C15H24O3S. The molecule has 0 saturated carbocycles. The summed E-state index contributed by atoms with van der Waals surface area (Å²) in [6, 6.07) is 6.68. The van der Waals surface area contributed by atoms with Crippen molar-refractivity contribution in [2.75, 3.05) is 0 Å². The Bertz CT molecular complexity index is 482. The molecule has 0 heterocycles. The summed E-state index contributed by atoms with van der Waals surface area (Å²) in [5.74, 6) is 0. The summed E-state index contributed by atoms with van der Waals surface area (Å²) in [7, 11) is -3.65. The number of aryl methyl sites for hydroxylation is 1. The lowest BCUT2D eigenvalue weighted by atomic mass is 10.1. The van der Waals surface area contributed by atoms with Crippen molar-refractivity contribution < 1.29 is 14.0 Å². The number of benzene rings is 1. The van der Waals surface area contributed by atoms with Gasteiger partial charge in [0.1, 0.15) is 0 Å². The zero-order valence-corrected chi connectivity index (χ0v) is 12.6.